The molecule has 0 unspecified atom stereocenters. The van der Waals surface area contributed by atoms with Gasteiger partial charge in [0.25, 0.3) is 5.56 Å². The number of carbonyl (C=O) groups excluding carboxylic acids is 1. The van der Waals surface area contributed by atoms with Crippen LogP contribution in [0.4, 0.5) is 10.5 Å². The van der Waals surface area contributed by atoms with Gasteiger partial charge >= 0.3 is 6.03 Å². The van der Waals surface area contributed by atoms with Gasteiger partial charge in [-0.05, 0) is 56.0 Å². The number of carbonyl (C=O) groups is 1. The summed E-state index contributed by atoms with van der Waals surface area (Å²) >= 11 is 0. The first kappa shape index (κ1) is 19.2. The van der Waals surface area contributed by atoms with Gasteiger partial charge in [0.15, 0.2) is 0 Å². The van der Waals surface area contributed by atoms with Gasteiger partial charge < -0.3 is 10.2 Å². The van der Waals surface area contributed by atoms with Crippen molar-refractivity contribution in [3.8, 4) is 0 Å². The Morgan fingerprint density at radius 1 is 1.14 bits per heavy atom. The van der Waals surface area contributed by atoms with Crippen molar-refractivity contribution in [3.63, 3.8) is 0 Å². The summed E-state index contributed by atoms with van der Waals surface area (Å²) in [4.78, 5) is 31.8. The number of aryl methyl sites for hydroxylation is 2. The fraction of sp³-hybridized carbons (Fsp3) is 0.348. The highest BCUT2D eigenvalue weighted by molar-refractivity contribution is 5.89. The van der Waals surface area contributed by atoms with E-state index < -0.39 is 0 Å². The second kappa shape index (κ2) is 8.07. The van der Waals surface area contributed by atoms with Gasteiger partial charge in [0, 0.05) is 24.8 Å². The smallest absolute Gasteiger partial charge is 0.321 e. The summed E-state index contributed by atoms with van der Waals surface area (Å²) in [6.07, 6.45) is 4.10. The molecular weight excluding hydrogens is 364 g/mol. The molecule has 0 saturated carbocycles. The summed E-state index contributed by atoms with van der Waals surface area (Å²) in [6.45, 7) is 5.31. The third-order valence-electron chi connectivity index (χ3n) is 5.70. The zero-order valence-electron chi connectivity index (χ0n) is 16.9. The number of rotatable bonds is 3. The van der Waals surface area contributed by atoms with Crippen molar-refractivity contribution >= 4 is 22.6 Å². The zero-order chi connectivity index (χ0) is 20.4. The van der Waals surface area contributed by atoms with Crippen molar-refractivity contribution in [2.75, 3.05) is 18.4 Å². The SMILES string of the molecule is CCc1ccc(NC(=O)N2CCC(n3cnc4ccc(C)cc4c3=O)CC2)cc1. The van der Waals surface area contributed by atoms with Crippen LogP contribution in [0.25, 0.3) is 10.9 Å². The Bertz CT molecular complexity index is 1080. The largest absolute Gasteiger partial charge is 0.324 e. The predicted octanol–water partition coefficient (Wildman–Crippen LogP) is 4.14. The molecule has 1 aliphatic heterocycles. The Kier molecular flexibility index (Phi) is 5.34. The van der Waals surface area contributed by atoms with E-state index in [4.69, 9.17) is 0 Å². The average molecular weight is 390 g/mol. The van der Waals surface area contributed by atoms with Crippen LogP contribution in [-0.4, -0.2) is 33.6 Å². The second-order valence-electron chi connectivity index (χ2n) is 7.68. The Morgan fingerprint density at radius 3 is 2.55 bits per heavy atom. The molecule has 6 heteroatoms. The van der Waals surface area contributed by atoms with Crippen LogP contribution in [0.15, 0.2) is 53.6 Å². The van der Waals surface area contributed by atoms with Gasteiger partial charge in [-0.15, -0.1) is 0 Å². The fourth-order valence-electron chi connectivity index (χ4n) is 3.88. The Labute approximate surface area is 170 Å². The van der Waals surface area contributed by atoms with Crippen molar-refractivity contribution in [3.05, 3.63) is 70.3 Å². The van der Waals surface area contributed by atoms with Gasteiger partial charge in [-0.3, -0.25) is 9.36 Å². The van der Waals surface area contributed by atoms with Crippen LogP contribution >= 0.6 is 0 Å². The molecule has 1 N–H and O–H groups in total. The number of anilines is 1. The molecule has 150 valence electrons. The molecule has 0 aliphatic carbocycles. The van der Waals surface area contributed by atoms with Crippen molar-refractivity contribution in [1.82, 2.24) is 14.5 Å². The van der Waals surface area contributed by atoms with Crippen molar-refractivity contribution in [1.29, 1.82) is 0 Å². The van der Waals surface area contributed by atoms with Crippen LogP contribution in [-0.2, 0) is 6.42 Å². The minimum atomic E-state index is -0.0905. The molecule has 1 saturated heterocycles. The van der Waals surface area contributed by atoms with Gasteiger partial charge in [0.2, 0.25) is 0 Å². The van der Waals surface area contributed by atoms with Gasteiger partial charge in [0.05, 0.1) is 17.2 Å². The van der Waals surface area contributed by atoms with E-state index in [-0.39, 0.29) is 17.6 Å². The second-order valence-corrected chi connectivity index (χ2v) is 7.68. The summed E-state index contributed by atoms with van der Waals surface area (Å²) in [6, 6.07) is 13.7. The van der Waals surface area contributed by atoms with E-state index in [9.17, 15) is 9.59 Å². The highest BCUT2D eigenvalue weighted by atomic mass is 16.2. The summed E-state index contributed by atoms with van der Waals surface area (Å²) in [5.74, 6) is 0. The molecule has 6 nitrogen and oxygen atoms in total. The van der Waals surface area contributed by atoms with Crippen molar-refractivity contribution in [2.24, 2.45) is 0 Å². The van der Waals surface area contributed by atoms with Crippen LogP contribution in [0.1, 0.15) is 36.9 Å². The highest BCUT2D eigenvalue weighted by Gasteiger charge is 2.25. The number of aromatic nitrogens is 2. The van der Waals surface area contributed by atoms with Crippen LogP contribution in [0.3, 0.4) is 0 Å². The summed E-state index contributed by atoms with van der Waals surface area (Å²) in [7, 11) is 0. The fourth-order valence-corrected chi connectivity index (χ4v) is 3.88. The number of fused-ring (bicyclic) bond motifs is 1. The van der Waals surface area contributed by atoms with Crippen molar-refractivity contribution in [2.45, 2.75) is 39.2 Å². The van der Waals surface area contributed by atoms with Gasteiger partial charge in [-0.25, -0.2) is 9.78 Å². The molecule has 3 aromatic rings. The minimum absolute atomic E-state index is 0.00221. The topological polar surface area (TPSA) is 67.2 Å². The van der Waals surface area contributed by atoms with Crippen molar-refractivity contribution < 1.29 is 4.79 Å². The predicted molar refractivity (Wildman–Crippen MR) is 115 cm³/mol. The average Bonchev–Trinajstić information content (AvgIpc) is 2.75. The quantitative estimate of drug-likeness (QED) is 0.731. The number of likely N-dealkylation sites (tertiary alicyclic amines) is 1. The molecule has 1 aromatic heterocycles. The van der Waals surface area contributed by atoms with Gasteiger partial charge in [-0.2, -0.15) is 0 Å². The van der Waals surface area contributed by atoms with E-state index in [0.29, 0.717) is 18.5 Å². The zero-order valence-corrected chi connectivity index (χ0v) is 16.9. The number of nitrogens with zero attached hydrogens (tertiary/aromatic N) is 3. The molecule has 0 radical (unpaired) electrons. The van der Waals surface area contributed by atoms with Gasteiger partial charge in [-0.1, -0.05) is 30.7 Å². The Hall–Kier alpha value is -3.15. The molecule has 0 spiro atoms. The molecule has 1 fully saturated rings. The van der Waals surface area contributed by atoms with E-state index in [2.05, 4.69) is 17.2 Å². The summed E-state index contributed by atoms with van der Waals surface area (Å²) < 4.78 is 1.74. The molecule has 29 heavy (non-hydrogen) atoms. The van der Waals surface area contributed by atoms with Crippen LogP contribution in [0.2, 0.25) is 0 Å². The molecule has 4 rings (SSSR count). The molecule has 2 aromatic carbocycles. The monoisotopic (exact) mass is 390 g/mol. The molecular formula is C23H26N4O2. The van der Waals surface area contributed by atoms with Crippen LogP contribution in [0.5, 0.6) is 0 Å². The number of urea groups is 1. The van der Waals surface area contributed by atoms with E-state index >= 15 is 0 Å². The lowest BCUT2D eigenvalue weighted by Crippen LogP contribution is -2.42. The summed E-state index contributed by atoms with van der Waals surface area (Å²) in [5, 5.41) is 3.62. The Balaban J connectivity index is 1.42. The lowest BCUT2D eigenvalue weighted by Gasteiger charge is -2.32. The minimum Gasteiger partial charge on any atom is -0.324 e. The third-order valence-corrected chi connectivity index (χ3v) is 5.70. The first-order valence-electron chi connectivity index (χ1n) is 10.2. The Morgan fingerprint density at radius 2 is 1.86 bits per heavy atom. The first-order valence-corrected chi connectivity index (χ1v) is 10.2. The number of hydrogen-bond acceptors (Lipinski definition) is 3. The van der Waals surface area contributed by atoms with E-state index in [1.54, 1.807) is 10.9 Å². The van der Waals surface area contributed by atoms with E-state index in [0.717, 1.165) is 36.0 Å². The van der Waals surface area contributed by atoms with E-state index in [1.807, 2.05) is 54.3 Å². The number of amides is 2. The van der Waals surface area contributed by atoms with E-state index in [1.165, 1.54) is 5.56 Å². The van der Waals surface area contributed by atoms with Crippen LogP contribution < -0.4 is 10.9 Å². The molecule has 0 bridgehead atoms. The number of hydrogen-bond donors (Lipinski definition) is 1. The number of benzene rings is 2. The maximum absolute atomic E-state index is 12.9. The lowest BCUT2D eigenvalue weighted by molar-refractivity contribution is 0.182. The normalized spacial score (nSPS) is 14.9. The lowest BCUT2D eigenvalue weighted by atomic mass is 10.0. The third kappa shape index (κ3) is 4.01. The highest BCUT2D eigenvalue weighted by Crippen LogP contribution is 2.22. The molecule has 1 aliphatic rings. The molecule has 2 heterocycles. The standard InChI is InChI=1S/C23H26N4O2/c1-3-17-5-7-18(8-6-17)25-23(29)26-12-10-19(11-13-26)27-15-24-21-9-4-16(2)14-20(21)22(27)28/h4-9,14-15,19H,3,10-13H2,1-2H3,(H,25,29). The maximum atomic E-state index is 12.9. The first-order chi connectivity index (χ1) is 14.0. The maximum Gasteiger partial charge on any atom is 0.321 e. The van der Waals surface area contributed by atoms with Gasteiger partial charge in [0.1, 0.15) is 0 Å². The summed E-state index contributed by atoms with van der Waals surface area (Å²) in [5.41, 5.74) is 3.82. The number of nitrogens with one attached hydrogen (secondary N) is 1. The van der Waals surface area contributed by atoms with Crippen LogP contribution in [0, 0.1) is 6.92 Å². The molecule has 2 amide bonds. The molecule has 0 atom stereocenters. The number of piperidine rings is 1.